The van der Waals surface area contributed by atoms with Crippen LogP contribution in [0.3, 0.4) is 0 Å². The van der Waals surface area contributed by atoms with Gasteiger partial charge in [0.05, 0.1) is 25.0 Å². The van der Waals surface area contributed by atoms with E-state index in [4.69, 9.17) is 9.15 Å². The number of halogens is 3. The molecule has 8 heteroatoms. The highest BCUT2D eigenvalue weighted by Crippen LogP contribution is 2.29. The van der Waals surface area contributed by atoms with E-state index in [1.54, 1.807) is 6.26 Å². The Morgan fingerprint density at radius 3 is 2.61 bits per heavy atom. The van der Waals surface area contributed by atoms with Crippen LogP contribution < -0.4 is 10.6 Å². The minimum Gasteiger partial charge on any atom is -0.469 e. The monoisotopic (exact) mass is 395 g/mol. The smallest absolute Gasteiger partial charge is 0.416 e. The van der Waals surface area contributed by atoms with Crippen molar-refractivity contribution in [1.82, 2.24) is 10.6 Å². The normalized spacial score (nSPS) is 17.7. The zero-order valence-electron chi connectivity index (χ0n) is 15.5. The first kappa shape index (κ1) is 20.3. The number of benzene rings is 1. The second-order valence-electron chi connectivity index (χ2n) is 6.73. The molecule has 0 saturated carbocycles. The molecule has 1 aromatic heterocycles. The molecule has 2 N–H and O–H groups in total. The van der Waals surface area contributed by atoms with Crippen LogP contribution >= 0.6 is 0 Å². The molecule has 1 fully saturated rings. The molecule has 1 unspecified atom stereocenters. The summed E-state index contributed by atoms with van der Waals surface area (Å²) in [6.45, 7) is 3.16. The van der Waals surface area contributed by atoms with Crippen molar-refractivity contribution >= 4 is 5.96 Å². The highest BCUT2D eigenvalue weighted by molar-refractivity contribution is 5.79. The predicted molar refractivity (Wildman–Crippen MR) is 99.9 cm³/mol. The topological polar surface area (TPSA) is 58.8 Å². The van der Waals surface area contributed by atoms with Crippen LogP contribution in [0, 0.1) is 5.92 Å². The van der Waals surface area contributed by atoms with E-state index in [2.05, 4.69) is 15.6 Å². The van der Waals surface area contributed by atoms with Crippen LogP contribution in [0.15, 0.2) is 52.1 Å². The standard InChI is InChI=1S/C20H24F3N3O2/c21-20(22,23)17-5-3-15(4-6-17)12-25-19(26-13-16-8-11-27-14-16)24-9-7-18-2-1-10-28-18/h1-6,10,16H,7-9,11-14H2,(H2,24,25,26). The number of ether oxygens (including phenoxy) is 1. The van der Waals surface area contributed by atoms with Gasteiger partial charge in [-0.2, -0.15) is 13.2 Å². The van der Waals surface area contributed by atoms with E-state index in [0.717, 1.165) is 44.1 Å². The molecule has 0 spiro atoms. The molecule has 5 nitrogen and oxygen atoms in total. The highest BCUT2D eigenvalue weighted by Gasteiger charge is 2.29. The van der Waals surface area contributed by atoms with Gasteiger partial charge in [-0.1, -0.05) is 12.1 Å². The molecule has 1 aliphatic heterocycles. The van der Waals surface area contributed by atoms with Crippen molar-refractivity contribution in [3.63, 3.8) is 0 Å². The van der Waals surface area contributed by atoms with E-state index in [9.17, 15) is 13.2 Å². The summed E-state index contributed by atoms with van der Waals surface area (Å²) in [5, 5.41) is 6.54. The largest absolute Gasteiger partial charge is 0.469 e. The molecule has 152 valence electrons. The van der Waals surface area contributed by atoms with Gasteiger partial charge in [-0.25, -0.2) is 4.99 Å². The Hall–Kier alpha value is -2.48. The van der Waals surface area contributed by atoms with Crippen LogP contribution in [0.2, 0.25) is 0 Å². The van der Waals surface area contributed by atoms with Gasteiger partial charge in [0.1, 0.15) is 5.76 Å². The molecule has 1 atom stereocenters. The zero-order valence-corrected chi connectivity index (χ0v) is 15.5. The molecule has 2 heterocycles. The zero-order chi connectivity index (χ0) is 19.8. The third kappa shape index (κ3) is 6.30. The average Bonchev–Trinajstić information content (AvgIpc) is 3.37. The molecule has 2 aromatic rings. The van der Waals surface area contributed by atoms with Crippen LogP contribution in [0.25, 0.3) is 0 Å². The van der Waals surface area contributed by atoms with Gasteiger partial charge >= 0.3 is 6.18 Å². The number of aliphatic imine (C=N–C) groups is 1. The van der Waals surface area contributed by atoms with Gasteiger partial charge in [-0.3, -0.25) is 0 Å². The third-order valence-corrected chi connectivity index (χ3v) is 4.53. The Morgan fingerprint density at radius 1 is 1.14 bits per heavy atom. The van der Waals surface area contributed by atoms with Gasteiger partial charge in [-0.15, -0.1) is 0 Å². The van der Waals surface area contributed by atoms with Crippen molar-refractivity contribution < 1.29 is 22.3 Å². The molecule has 0 amide bonds. The fourth-order valence-electron chi connectivity index (χ4n) is 2.89. The van der Waals surface area contributed by atoms with E-state index in [-0.39, 0.29) is 6.54 Å². The molecular weight excluding hydrogens is 371 g/mol. The summed E-state index contributed by atoms with van der Waals surface area (Å²) in [6.07, 6.45) is -0.981. The lowest BCUT2D eigenvalue weighted by atomic mass is 10.1. The Kier molecular flexibility index (Phi) is 6.97. The van der Waals surface area contributed by atoms with Crippen LogP contribution in [0.5, 0.6) is 0 Å². The maximum absolute atomic E-state index is 12.7. The minimum absolute atomic E-state index is 0.287. The maximum Gasteiger partial charge on any atom is 0.416 e. The van der Waals surface area contributed by atoms with E-state index in [1.165, 1.54) is 12.1 Å². The summed E-state index contributed by atoms with van der Waals surface area (Å²) in [5.74, 6) is 1.93. The van der Waals surface area contributed by atoms with Crippen molar-refractivity contribution in [1.29, 1.82) is 0 Å². The summed E-state index contributed by atoms with van der Waals surface area (Å²) in [5.41, 5.74) is 0.0562. The average molecular weight is 395 g/mol. The third-order valence-electron chi connectivity index (χ3n) is 4.53. The first-order valence-corrected chi connectivity index (χ1v) is 9.29. The van der Waals surface area contributed by atoms with Crippen LogP contribution in [0.1, 0.15) is 23.3 Å². The molecule has 28 heavy (non-hydrogen) atoms. The predicted octanol–water partition coefficient (Wildman–Crippen LogP) is 3.61. The van der Waals surface area contributed by atoms with Gasteiger partial charge in [-0.05, 0) is 36.2 Å². The summed E-state index contributed by atoms with van der Waals surface area (Å²) in [6, 6.07) is 8.82. The molecule has 1 aliphatic rings. The molecule has 3 rings (SSSR count). The fourth-order valence-corrected chi connectivity index (χ4v) is 2.89. The highest BCUT2D eigenvalue weighted by atomic mass is 19.4. The number of guanidine groups is 1. The number of furan rings is 1. The summed E-state index contributed by atoms with van der Waals surface area (Å²) in [7, 11) is 0. The number of nitrogens with zero attached hydrogens (tertiary/aromatic N) is 1. The Balaban J connectivity index is 1.57. The van der Waals surface area contributed by atoms with Crippen molar-refractivity contribution in [2.75, 3.05) is 26.3 Å². The Labute approximate surface area is 162 Å². The van der Waals surface area contributed by atoms with Crippen molar-refractivity contribution in [2.45, 2.75) is 25.6 Å². The lowest BCUT2D eigenvalue weighted by molar-refractivity contribution is -0.137. The second-order valence-corrected chi connectivity index (χ2v) is 6.73. The van der Waals surface area contributed by atoms with Crippen molar-refractivity contribution in [2.24, 2.45) is 10.9 Å². The van der Waals surface area contributed by atoms with Gasteiger partial charge < -0.3 is 19.8 Å². The Morgan fingerprint density at radius 2 is 1.96 bits per heavy atom. The summed E-state index contributed by atoms with van der Waals surface area (Å²) < 4.78 is 48.7. The molecule has 1 aromatic carbocycles. The number of hydrogen-bond acceptors (Lipinski definition) is 3. The van der Waals surface area contributed by atoms with E-state index in [0.29, 0.717) is 30.4 Å². The number of hydrogen-bond donors (Lipinski definition) is 2. The van der Waals surface area contributed by atoms with Crippen LogP contribution in [-0.2, 0) is 23.9 Å². The van der Waals surface area contributed by atoms with Gasteiger partial charge in [0.2, 0.25) is 0 Å². The molecule has 0 bridgehead atoms. The van der Waals surface area contributed by atoms with Crippen LogP contribution in [-0.4, -0.2) is 32.3 Å². The van der Waals surface area contributed by atoms with E-state index in [1.807, 2.05) is 12.1 Å². The maximum atomic E-state index is 12.7. The van der Waals surface area contributed by atoms with E-state index >= 15 is 0 Å². The fraction of sp³-hybridized carbons (Fsp3) is 0.450. The minimum atomic E-state index is -4.33. The van der Waals surface area contributed by atoms with E-state index < -0.39 is 11.7 Å². The lowest BCUT2D eigenvalue weighted by Crippen LogP contribution is -2.40. The van der Waals surface area contributed by atoms with Gasteiger partial charge in [0, 0.05) is 32.0 Å². The SMILES string of the molecule is FC(F)(F)c1ccc(CN=C(NCCc2ccco2)NCC2CCOC2)cc1. The molecular formula is C20H24F3N3O2. The van der Waals surface area contributed by atoms with Crippen molar-refractivity contribution in [3.8, 4) is 0 Å². The van der Waals surface area contributed by atoms with Crippen molar-refractivity contribution in [3.05, 3.63) is 59.5 Å². The number of nitrogens with one attached hydrogen (secondary N) is 2. The lowest BCUT2D eigenvalue weighted by Gasteiger charge is -2.15. The summed E-state index contributed by atoms with van der Waals surface area (Å²) in [4.78, 5) is 4.51. The first-order valence-electron chi connectivity index (χ1n) is 9.29. The van der Waals surface area contributed by atoms with Gasteiger partial charge in [0.15, 0.2) is 5.96 Å². The summed E-state index contributed by atoms with van der Waals surface area (Å²) >= 11 is 0. The number of alkyl halides is 3. The molecule has 0 radical (unpaired) electrons. The second kappa shape index (κ2) is 9.64. The quantitative estimate of drug-likeness (QED) is 0.556. The molecule has 1 saturated heterocycles. The first-order chi connectivity index (χ1) is 13.5. The number of rotatable bonds is 7. The van der Waals surface area contributed by atoms with Crippen LogP contribution in [0.4, 0.5) is 13.2 Å². The Bertz CT molecular complexity index is 737. The van der Waals surface area contributed by atoms with Gasteiger partial charge in [0.25, 0.3) is 0 Å². The molecule has 0 aliphatic carbocycles.